The number of fused-ring (bicyclic) bond motifs is 1. The van der Waals surface area contributed by atoms with Crippen molar-refractivity contribution in [2.24, 2.45) is 5.73 Å². The minimum absolute atomic E-state index is 0.193. The van der Waals surface area contributed by atoms with Crippen LogP contribution in [0.1, 0.15) is 22.7 Å². The van der Waals surface area contributed by atoms with Crippen molar-refractivity contribution < 1.29 is 9.13 Å². The summed E-state index contributed by atoms with van der Waals surface area (Å²) in [5.74, 6) is 0.738. The van der Waals surface area contributed by atoms with Gasteiger partial charge in [0.05, 0.1) is 7.11 Å². The Hall–Kier alpha value is -1.91. The largest absolute Gasteiger partial charge is 0.496 e. The van der Waals surface area contributed by atoms with Gasteiger partial charge < -0.3 is 10.5 Å². The molecule has 0 spiro atoms. The minimum Gasteiger partial charge on any atom is -0.496 e. The van der Waals surface area contributed by atoms with Crippen LogP contribution < -0.4 is 10.5 Å². The number of halogens is 1. The predicted molar refractivity (Wildman–Crippen MR) is 85.3 cm³/mol. The van der Waals surface area contributed by atoms with Gasteiger partial charge in [0.1, 0.15) is 11.6 Å². The highest BCUT2D eigenvalue weighted by molar-refractivity contribution is 5.45. The molecule has 2 N–H and O–H groups in total. The molecule has 0 aliphatic carbocycles. The summed E-state index contributed by atoms with van der Waals surface area (Å²) in [4.78, 5) is 2.37. The predicted octanol–water partition coefficient (Wildman–Crippen LogP) is 2.89. The summed E-state index contributed by atoms with van der Waals surface area (Å²) in [5, 5.41) is 0. The summed E-state index contributed by atoms with van der Waals surface area (Å²) in [7, 11) is 1.70. The molecular formula is C18H21FN2O. The van der Waals surface area contributed by atoms with Crippen LogP contribution in [0.5, 0.6) is 5.75 Å². The molecule has 1 atom stereocenters. The van der Waals surface area contributed by atoms with Gasteiger partial charge in [-0.25, -0.2) is 4.39 Å². The Bertz CT molecular complexity index is 642. The average Bonchev–Trinajstić information content (AvgIpc) is 2.91. The third kappa shape index (κ3) is 2.85. The SMILES string of the molecule is COc1cccc2c1CN(CCc1ccc(F)cc1)C2CN. The zero-order chi connectivity index (χ0) is 15.5. The summed E-state index contributed by atoms with van der Waals surface area (Å²) in [6, 6.07) is 13.1. The van der Waals surface area contributed by atoms with E-state index >= 15 is 0 Å². The molecular weight excluding hydrogens is 279 g/mol. The number of benzene rings is 2. The summed E-state index contributed by atoms with van der Waals surface area (Å²) >= 11 is 0. The molecule has 1 heterocycles. The molecule has 116 valence electrons. The van der Waals surface area contributed by atoms with E-state index in [-0.39, 0.29) is 11.9 Å². The van der Waals surface area contributed by atoms with Gasteiger partial charge in [0.15, 0.2) is 0 Å². The first-order valence-electron chi connectivity index (χ1n) is 7.57. The zero-order valence-corrected chi connectivity index (χ0v) is 12.8. The monoisotopic (exact) mass is 300 g/mol. The Kier molecular flexibility index (Phi) is 4.41. The van der Waals surface area contributed by atoms with Gasteiger partial charge in [-0.05, 0) is 35.7 Å². The second-order valence-corrected chi connectivity index (χ2v) is 5.63. The average molecular weight is 300 g/mol. The molecule has 0 saturated carbocycles. The molecule has 0 saturated heterocycles. The fraction of sp³-hybridized carbons (Fsp3) is 0.333. The van der Waals surface area contributed by atoms with Crippen LogP contribution in [0.2, 0.25) is 0 Å². The van der Waals surface area contributed by atoms with Crippen molar-refractivity contribution in [3.63, 3.8) is 0 Å². The number of hydrogen-bond donors (Lipinski definition) is 1. The molecule has 0 bridgehead atoms. The number of nitrogens with two attached hydrogens (primary N) is 1. The van der Waals surface area contributed by atoms with Crippen molar-refractivity contribution in [3.05, 3.63) is 65.0 Å². The third-order valence-corrected chi connectivity index (χ3v) is 4.37. The van der Waals surface area contributed by atoms with Gasteiger partial charge in [0, 0.05) is 31.2 Å². The number of ether oxygens (including phenoxy) is 1. The van der Waals surface area contributed by atoms with Crippen molar-refractivity contribution in [1.82, 2.24) is 4.90 Å². The quantitative estimate of drug-likeness (QED) is 0.923. The molecule has 0 radical (unpaired) electrons. The number of nitrogens with zero attached hydrogens (tertiary/aromatic N) is 1. The maximum Gasteiger partial charge on any atom is 0.123 e. The lowest BCUT2D eigenvalue weighted by atomic mass is 10.0. The first-order chi connectivity index (χ1) is 10.7. The smallest absolute Gasteiger partial charge is 0.123 e. The molecule has 22 heavy (non-hydrogen) atoms. The minimum atomic E-state index is -0.193. The lowest BCUT2D eigenvalue weighted by molar-refractivity contribution is 0.222. The maximum atomic E-state index is 13.0. The Morgan fingerprint density at radius 1 is 1.23 bits per heavy atom. The van der Waals surface area contributed by atoms with Crippen LogP contribution in [0.3, 0.4) is 0 Å². The highest BCUT2D eigenvalue weighted by atomic mass is 19.1. The first-order valence-corrected chi connectivity index (χ1v) is 7.57. The van der Waals surface area contributed by atoms with Gasteiger partial charge in [-0.15, -0.1) is 0 Å². The molecule has 2 aromatic rings. The molecule has 1 aliphatic rings. The van der Waals surface area contributed by atoms with Crippen LogP contribution in [0.25, 0.3) is 0 Å². The molecule has 1 aliphatic heterocycles. The maximum absolute atomic E-state index is 13.0. The lowest BCUT2D eigenvalue weighted by Crippen LogP contribution is -2.29. The van der Waals surface area contributed by atoms with E-state index in [1.807, 2.05) is 24.3 Å². The van der Waals surface area contributed by atoms with Gasteiger partial charge in [-0.2, -0.15) is 0 Å². The molecule has 0 aromatic heterocycles. The van der Waals surface area contributed by atoms with E-state index in [4.69, 9.17) is 10.5 Å². The molecule has 3 rings (SSSR count). The number of hydrogen-bond acceptors (Lipinski definition) is 3. The molecule has 0 amide bonds. The molecule has 3 nitrogen and oxygen atoms in total. The molecule has 4 heteroatoms. The highest BCUT2D eigenvalue weighted by Crippen LogP contribution is 2.37. The summed E-state index contributed by atoms with van der Waals surface area (Å²) < 4.78 is 18.4. The van der Waals surface area contributed by atoms with Crippen LogP contribution in [-0.2, 0) is 13.0 Å². The van der Waals surface area contributed by atoms with E-state index in [9.17, 15) is 4.39 Å². The third-order valence-electron chi connectivity index (χ3n) is 4.37. The van der Waals surface area contributed by atoms with E-state index in [2.05, 4.69) is 11.0 Å². The lowest BCUT2D eigenvalue weighted by Gasteiger charge is -2.23. The van der Waals surface area contributed by atoms with Gasteiger partial charge in [-0.3, -0.25) is 4.90 Å². The summed E-state index contributed by atoms with van der Waals surface area (Å²) in [6.45, 7) is 2.33. The zero-order valence-electron chi connectivity index (χ0n) is 12.8. The summed E-state index contributed by atoms with van der Waals surface area (Å²) in [6.07, 6.45) is 0.882. The topological polar surface area (TPSA) is 38.5 Å². The molecule has 2 aromatic carbocycles. The van der Waals surface area contributed by atoms with Gasteiger partial charge >= 0.3 is 0 Å². The van der Waals surface area contributed by atoms with E-state index < -0.39 is 0 Å². The van der Waals surface area contributed by atoms with Crippen LogP contribution in [0.4, 0.5) is 4.39 Å². The van der Waals surface area contributed by atoms with Gasteiger partial charge in [0.2, 0.25) is 0 Å². The number of rotatable bonds is 5. The van der Waals surface area contributed by atoms with Crippen LogP contribution in [-0.4, -0.2) is 25.1 Å². The standard InChI is InChI=1S/C18H21FN2O/c1-22-18-4-2-3-15-16(18)12-21(17(15)11-20)10-9-13-5-7-14(19)8-6-13/h2-8,17H,9-12,20H2,1H3. The number of methoxy groups -OCH3 is 1. The van der Waals surface area contributed by atoms with Crippen molar-refractivity contribution >= 4 is 0 Å². The Morgan fingerprint density at radius 2 is 2.00 bits per heavy atom. The highest BCUT2D eigenvalue weighted by Gasteiger charge is 2.30. The fourth-order valence-corrected chi connectivity index (χ4v) is 3.20. The van der Waals surface area contributed by atoms with Crippen molar-refractivity contribution in [1.29, 1.82) is 0 Å². The van der Waals surface area contributed by atoms with E-state index in [0.717, 1.165) is 30.8 Å². The van der Waals surface area contributed by atoms with Gasteiger partial charge in [0.25, 0.3) is 0 Å². The Labute approximate surface area is 130 Å². The second kappa shape index (κ2) is 6.46. The van der Waals surface area contributed by atoms with Crippen molar-refractivity contribution in [2.45, 2.75) is 19.0 Å². The normalized spacial score (nSPS) is 17.5. The van der Waals surface area contributed by atoms with E-state index in [0.29, 0.717) is 6.54 Å². The molecule has 1 unspecified atom stereocenters. The Balaban J connectivity index is 1.74. The van der Waals surface area contributed by atoms with Crippen molar-refractivity contribution in [2.75, 3.05) is 20.2 Å². The van der Waals surface area contributed by atoms with Crippen LogP contribution >= 0.6 is 0 Å². The van der Waals surface area contributed by atoms with Crippen LogP contribution in [0, 0.1) is 5.82 Å². The molecule has 0 fully saturated rings. The Morgan fingerprint density at radius 3 is 2.68 bits per heavy atom. The van der Waals surface area contributed by atoms with Gasteiger partial charge in [-0.1, -0.05) is 24.3 Å². The van der Waals surface area contributed by atoms with E-state index in [1.54, 1.807) is 7.11 Å². The van der Waals surface area contributed by atoms with Crippen molar-refractivity contribution in [3.8, 4) is 5.75 Å². The van der Waals surface area contributed by atoms with Crippen LogP contribution in [0.15, 0.2) is 42.5 Å². The summed E-state index contributed by atoms with van der Waals surface area (Å²) in [5.41, 5.74) is 9.63. The fourth-order valence-electron chi connectivity index (χ4n) is 3.20. The second-order valence-electron chi connectivity index (χ2n) is 5.63. The first kappa shape index (κ1) is 15.0. The van der Waals surface area contributed by atoms with E-state index in [1.165, 1.54) is 23.3 Å².